The molecule has 1 atom stereocenters. The highest BCUT2D eigenvalue weighted by Crippen LogP contribution is 2.53. The zero-order valence-electron chi connectivity index (χ0n) is 11.9. The molecule has 0 radical (unpaired) electrons. The molecule has 22 heavy (non-hydrogen) atoms. The summed E-state index contributed by atoms with van der Waals surface area (Å²) >= 11 is 5.48. The van der Waals surface area contributed by atoms with Gasteiger partial charge < -0.3 is 15.4 Å². The smallest absolute Gasteiger partial charge is 0.315 e. The Bertz CT molecular complexity index is 591. The normalized spacial score (nSPS) is 22.4. The van der Waals surface area contributed by atoms with Crippen molar-refractivity contribution < 1.29 is 18.3 Å². The van der Waals surface area contributed by atoms with E-state index in [0.29, 0.717) is 0 Å². The van der Waals surface area contributed by atoms with Crippen LogP contribution in [0.15, 0.2) is 12.1 Å². The summed E-state index contributed by atoms with van der Waals surface area (Å²) < 4.78 is 32.2. The number of nitrogens with one attached hydrogen (secondary N) is 2. The van der Waals surface area contributed by atoms with Crippen LogP contribution in [0.3, 0.4) is 0 Å². The monoisotopic (exact) mass is 330 g/mol. The first-order chi connectivity index (χ1) is 10.5. The lowest BCUT2D eigenvalue weighted by molar-refractivity contribution is 0.0547. The minimum atomic E-state index is -0.705. The fraction of sp³-hybridized carbons (Fsp3) is 0.533. The molecule has 1 spiro atoms. The maximum Gasteiger partial charge on any atom is 0.315 e. The van der Waals surface area contributed by atoms with Crippen molar-refractivity contribution in [1.82, 2.24) is 10.6 Å². The first-order valence-corrected chi connectivity index (χ1v) is 7.63. The SMILES string of the molecule is O=C(NCc1cc(F)c(Cl)cc1F)NC1CC12CCOCC2. The maximum absolute atomic E-state index is 13.6. The van der Waals surface area contributed by atoms with Gasteiger partial charge in [-0.15, -0.1) is 0 Å². The molecule has 2 aliphatic rings. The Morgan fingerprint density at radius 3 is 2.77 bits per heavy atom. The van der Waals surface area contributed by atoms with Gasteiger partial charge in [0.1, 0.15) is 11.6 Å². The van der Waals surface area contributed by atoms with Gasteiger partial charge in [-0.2, -0.15) is 0 Å². The van der Waals surface area contributed by atoms with Crippen LogP contribution >= 0.6 is 11.6 Å². The summed E-state index contributed by atoms with van der Waals surface area (Å²) in [5.41, 5.74) is 0.237. The minimum absolute atomic E-state index is 0.0635. The molecule has 1 unspecified atom stereocenters. The molecule has 1 saturated carbocycles. The molecule has 0 bridgehead atoms. The second kappa shape index (κ2) is 6.01. The number of hydrogen-bond acceptors (Lipinski definition) is 2. The maximum atomic E-state index is 13.6. The first kappa shape index (κ1) is 15.5. The molecular weight excluding hydrogens is 314 g/mol. The third kappa shape index (κ3) is 3.17. The number of rotatable bonds is 3. The van der Waals surface area contributed by atoms with E-state index in [1.165, 1.54) is 0 Å². The second-order valence-corrected chi connectivity index (χ2v) is 6.32. The summed E-state index contributed by atoms with van der Waals surface area (Å²) in [5.74, 6) is -1.34. The Balaban J connectivity index is 1.50. The van der Waals surface area contributed by atoms with Crippen molar-refractivity contribution >= 4 is 17.6 Å². The van der Waals surface area contributed by atoms with E-state index in [1.54, 1.807) is 0 Å². The Morgan fingerprint density at radius 1 is 1.32 bits per heavy atom. The Kier molecular flexibility index (Phi) is 4.23. The van der Waals surface area contributed by atoms with E-state index in [4.69, 9.17) is 16.3 Å². The lowest BCUT2D eigenvalue weighted by Crippen LogP contribution is -2.39. The molecule has 2 fully saturated rings. The molecule has 1 saturated heterocycles. The quantitative estimate of drug-likeness (QED) is 0.837. The average molecular weight is 331 g/mol. The van der Waals surface area contributed by atoms with Crippen LogP contribution in [0.5, 0.6) is 0 Å². The van der Waals surface area contributed by atoms with E-state index in [-0.39, 0.29) is 34.6 Å². The molecule has 1 aliphatic heterocycles. The molecule has 3 rings (SSSR count). The van der Waals surface area contributed by atoms with E-state index in [1.807, 2.05) is 0 Å². The summed E-state index contributed by atoms with van der Waals surface area (Å²) in [6, 6.07) is 1.67. The zero-order chi connectivity index (χ0) is 15.7. The lowest BCUT2D eigenvalue weighted by atomic mass is 9.96. The number of amides is 2. The molecule has 2 amide bonds. The predicted molar refractivity (Wildman–Crippen MR) is 77.6 cm³/mol. The van der Waals surface area contributed by atoms with Crippen LogP contribution in [-0.2, 0) is 11.3 Å². The molecule has 1 aromatic rings. The number of hydrogen-bond donors (Lipinski definition) is 2. The van der Waals surface area contributed by atoms with Crippen LogP contribution in [0, 0.1) is 17.0 Å². The molecule has 1 aliphatic carbocycles. The summed E-state index contributed by atoms with van der Waals surface area (Å²) in [4.78, 5) is 11.9. The fourth-order valence-electron chi connectivity index (χ4n) is 2.97. The number of carbonyl (C=O) groups excluding carboxylic acids is 1. The standard InChI is InChI=1S/C15H17ClF2N2O2/c16-10-6-11(17)9(5-12(10)18)8-19-14(21)20-13-7-15(13)1-3-22-4-2-15/h5-6,13H,1-4,7-8H2,(H2,19,20,21). The Labute approximate surface area is 132 Å². The lowest BCUT2D eigenvalue weighted by Gasteiger charge is -2.22. The Morgan fingerprint density at radius 2 is 2.05 bits per heavy atom. The van der Waals surface area contributed by atoms with Crippen molar-refractivity contribution in [2.45, 2.75) is 31.8 Å². The highest BCUT2D eigenvalue weighted by atomic mass is 35.5. The molecule has 7 heteroatoms. The topological polar surface area (TPSA) is 50.4 Å². The zero-order valence-corrected chi connectivity index (χ0v) is 12.7. The van der Waals surface area contributed by atoms with E-state index >= 15 is 0 Å². The van der Waals surface area contributed by atoms with Gasteiger partial charge in [-0.1, -0.05) is 11.6 Å². The van der Waals surface area contributed by atoms with Gasteiger partial charge in [-0.3, -0.25) is 0 Å². The molecule has 1 aromatic carbocycles. The third-order valence-electron chi connectivity index (χ3n) is 4.51. The van der Waals surface area contributed by atoms with Gasteiger partial charge in [-0.25, -0.2) is 13.6 Å². The summed E-state index contributed by atoms with van der Waals surface area (Å²) in [5, 5.41) is 5.16. The van der Waals surface area contributed by atoms with Gasteiger partial charge in [0, 0.05) is 31.4 Å². The largest absolute Gasteiger partial charge is 0.381 e. The van der Waals surface area contributed by atoms with Crippen LogP contribution in [-0.4, -0.2) is 25.3 Å². The summed E-state index contributed by atoms with van der Waals surface area (Å²) in [7, 11) is 0. The van der Waals surface area contributed by atoms with E-state index in [9.17, 15) is 13.6 Å². The van der Waals surface area contributed by atoms with Crippen molar-refractivity contribution in [2.75, 3.05) is 13.2 Å². The van der Waals surface area contributed by atoms with Gasteiger partial charge >= 0.3 is 6.03 Å². The number of benzene rings is 1. The van der Waals surface area contributed by atoms with Crippen LogP contribution in [0.4, 0.5) is 13.6 Å². The molecule has 2 N–H and O–H groups in total. The number of urea groups is 1. The van der Waals surface area contributed by atoms with Crippen molar-refractivity contribution in [2.24, 2.45) is 5.41 Å². The van der Waals surface area contributed by atoms with Crippen LogP contribution in [0.2, 0.25) is 5.02 Å². The third-order valence-corrected chi connectivity index (χ3v) is 4.80. The molecule has 4 nitrogen and oxygen atoms in total. The summed E-state index contributed by atoms with van der Waals surface area (Å²) in [6.45, 7) is 1.37. The number of carbonyl (C=O) groups is 1. The predicted octanol–water partition coefficient (Wildman–Crippen LogP) is 2.99. The van der Waals surface area contributed by atoms with Crippen LogP contribution < -0.4 is 10.6 Å². The highest BCUT2D eigenvalue weighted by molar-refractivity contribution is 6.30. The minimum Gasteiger partial charge on any atom is -0.381 e. The summed E-state index contributed by atoms with van der Waals surface area (Å²) in [6.07, 6.45) is 2.86. The van der Waals surface area contributed by atoms with Gasteiger partial charge in [0.2, 0.25) is 0 Å². The highest BCUT2D eigenvalue weighted by Gasteiger charge is 2.55. The van der Waals surface area contributed by atoms with Gasteiger partial charge in [0.15, 0.2) is 0 Å². The van der Waals surface area contributed by atoms with Crippen molar-refractivity contribution in [1.29, 1.82) is 0 Å². The van der Waals surface area contributed by atoms with Crippen molar-refractivity contribution in [3.05, 3.63) is 34.4 Å². The van der Waals surface area contributed by atoms with E-state index < -0.39 is 11.6 Å². The second-order valence-electron chi connectivity index (χ2n) is 5.92. The van der Waals surface area contributed by atoms with E-state index in [2.05, 4.69) is 10.6 Å². The van der Waals surface area contributed by atoms with Crippen LogP contribution in [0.1, 0.15) is 24.8 Å². The van der Waals surface area contributed by atoms with Crippen molar-refractivity contribution in [3.63, 3.8) is 0 Å². The molecular formula is C15H17ClF2N2O2. The van der Waals surface area contributed by atoms with E-state index in [0.717, 1.165) is 44.6 Å². The Hall–Kier alpha value is -1.40. The number of halogens is 3. The van der Waals surface area contributed by atoms with Crippen LogP contribution in [0.25, 0.3) is 0 Å². The number of ether oxygens (including phenoxy) is 1. The van der Waals surface area contributed by atoms with Gasteiger partial charge in [0.25, 0.3) is 0 Å². The van der Waals surface area contributed by atoms with Gasteiger partial charge in [-0.05, 0) is 36.8 Å². The van der Waals surface area contributed by atoms with Gasteiger partial charge in [0.05, 0.1) is 5.02 Å². The molecule has 120 valence electrons. The first-order valence-electron chi connectivity index (χ1n) is 7.26. The average Bonchev–Trinajstić information content (AvgIpc) is 3.13. The molecule has 1 heterocycles. The molecule has 0 aromatic heterocycles. The fourth-order valence-corrected chi connectivity index (χ4v) is 3.12. The van der Waals surface area contributed by atoms with Crippen molar-refractivity contribution in [3.8, 4) is 0 Å².